The zero-order valence-electron chi connectivity index (χ0n) is 29.0. The van der Waals surface area contributed by atoms with E-state index in [1.54, 1.807) is 46.6 Å². The lowest BCUT2D eigenvalue weighted by molar-refractivity contribution is 0.567. The van der Waals surface area contributed by atoms with E-state index in [4.69, 9.17) is 0 Å². The molecule has 3 heterocycles. The Bertz CT molecular complexity index is 812. The van der Waals surface area contributed by atoms with Gasteiger partial charge in [-0.2, -0.15) is 0 Å². The molecule has 0 amide bonds. The van der Waals surface area contributed by atoms with Crippen molar-refractivity contribution in [3.63, 3.8) is 0 Å². The van der Waals surface area contributed by atoms with Gasteiger partial charge in [-0.3, -0.25) is 0 Å². The van der Waals surface area contributed by atoms with Gasteiger partial charge in [0.15, 0.2) is 0 Å². The van der Waals surface area contributed by atoms with Gasteiger partial charge in [0, 0.05) is 0 Å². The van der Waals surface area contributed by atoms with E-state index in [0.29, 0.717) is 0 Å². The monoisotopic (exact) mass is 631 g/mol. The van der Waals surface area contributed by atoms with Crippen LogP contribution in [0, 0.1) is 0 Å². The van der Waals surface area contributed by atoms with Gasteiger partial charge in [-0.1, -0.05) is 261 Å². The maximum atomic E-state index is 2.55. The van der Waals surface area contributed by atoms with Gasteiger partial charge in [0.05, 0.1) is 16.1 Å². The Balaban J connectivity index is 1.49. The number of rotatable bonds is 2. The molecule has 2 bridgehead atoms. The topological polar surface area (TPSA) is 0 Å². The molecule has 2 aromatic carbocycles. The summed E-state index contributed by atoms with van der Waals surface area (Å²) >= 11 is 0. The van der Waals surface area contributed by atoms with Gasteiger partial charge in [0.1, 0.15) is 0 Å². The molecule has 0 aliphatic carbocycles. The minimum atomic E-state index is -1.44. The van der Waals surface area contributed by atoms with Gasteiger partial charge in [0.2, 0.25) is 0 Å². The van der Waals surface area contributed by atoms with Crippen LogP contribution in [-0.4, -0.2) is 16.1 Å². The Hall–Kier alpha value is -1.13. The molecule has 0 radical (unpaired) electrons. The average Bonchev–Trinajstić information content (AvgIpc) is 3.06. The second kappa shape index (κ2) is 21.6. The largest absolute Gasteiger partial charge is 0.0867 e. The van der Waals surface area contributed by atoms with E-state index in [0.717, 1.165) is 0 Å². The van der Waals surface area contributed by atoms with Crippen LogP contribution in [-0.2, 0) is 0 Å². The smallest absolute Gasteiger partial charge is 0.0630 e. The fraction of sp³-hybridized carbons (Fsp3) is 0.714. The SMILES string of the molecule is c1ccc([Si]23CCCCCCCCCC[Si](c4ccccc4)(CCCCCCCCCC2)CCCCCCCCCC3)cc1. The molecule has 3 aliphatic heterocycles. The van der Waals surface area contributed by atoms with Crippen LogP contribution in [0.2, 0.25) is 36.3 Å². The highest BCUT2D eigenvalue weighted by Gasteiger charge is 2.34. The number of hydrogen-bond donors (Lipinski definition) is 0. The van der Waals surface area contributed by atoms with Crippen LogP contribution < -0.4 is 10.4 Å². The Labute approximate surface area is 276 Å². The van der Waals surface area contributed by atoms with Crippen LogP contribution in [0.25, 0.3) is 0 Å². The van der Waals surface area contributed by atoms with Crippen molar-refractivity contribution in [1.82, 2.24) is 0 Å². The Morgan fingerprint density at radius 2 is 0.409 bits per heavy atom. The second-order valence-corrected chi connectivity index (χ2v) is 24.6. The molecule has 3 aliphatic rings. The van der Waals surface area contributed by atoms with Gasteiger partial charge in [0.25, 0.3) is 0 Å². The van der Waals surface area contributed by atoms with Gasteiger partial charge in [-0.05, 0) is 0 Å². The average molecular weight is 631 g/mol. The van der Waals surface area contributed by atoms with Crippen LogP contribution >= 0.6 is 0 Å². The molecule has 2 heteroatoms. The van der Waals surface area contributed by atoms with E-state index in [-0.39, 0.29) is 0 Å². The molecule has 3 fully saturated rings. The highest BCUT2D eigenvalue weighted by Crippen LogP contribution is 2.32. The first kappa shape index (κ1) is 35.7. The van der Waals surface area contributed by atoms with Crippen LogP contribution in [0.15, 0.2) is 60.7 Å². The van der Waals surface area contributed by atoms with E-state index >= 15 is 0 Å². The summed E-state index contributed by atoms with van der Waals surface area (Å²) in [6, 6.07) is 33.5. The standard InChI is InChI=1S/C42H70Si2/c1-2-8-14-26-36-44(42-33-23-20-24-34-42)39-29-17-11-5-3-9-15-27-37-43(35-25-13-7-1,41-31-21-19-22-32-41)38-28-16-10-4-6-12-18-30-40-44/h19-24,31-34H,1-18,25-30,35-40H2. The summed E-state index contributed by atoms with van der Waals surface area (Å²) in [6.45, 7) is 0. The Morgan fingerprint density at radius 1 is 0.227 bits per heavy atom. The molecule has 0 nitrogen and oxygen atoms in total. The zero-order valence-corrected chi connectivity index (χ0v) is 31.0. The van der Waals surface area contributed by atoms with Gasteiger partial charge >= 0.3 is 0 Å². The number of hydrogen-bond acceptors (Lipinski definition) is 0. The van der Waals surface area contributed by atoms with E-state index in [1.165, 1.54) is 154 Å². The summed E-state index contributed by atoms with van der Waals surface area (Å²) in [5, 5.41) is 3.61. The summed E-state index contributed by atoms with van der Waals surface area (Å²) in [7, 11) is -2.88. The molecule has 0 aromatic heterocycles. The molecule has 0 saturated carbocycles. The molecule has 3 saturated heterocycles. The van der Waals surface area contributed by atoms with Crippen molar-refractivity contribution in [2.75, 3.05) is 0 Å². The molecular formula is C42H70Si2. The van der Waals surface area contributed by atoms with Crippen LogP contribution in [0.4, 0.5) is 0 Å². The minimum Gasteiger partial charge on any atom is -0.0630 e. The second-order valence-electron chi connectivity index (χ2n) is 15.3. The van der Waals surface area contributed by atoms with Crippen LogP contribution in [0.5, 0.6) is 0 Å². The van der Waals surface area contributed by atoms with Crippen molar-refractivity contribution in [1.29, 1.82) is 0 Å². The third kappa shape index (κ3) is 12.6. The predicted octanol–water partition coefficient (Wildman–Crippen LogP) is 13.1. The third-order valence-corrected chi connectivity index (χ3v) is 22.9. The summed E-state index contributed by atoms with van der Waals surface area (Å²) in [5.41, 5.74) is 0. The van der Waals surface area contributed by atoms with Gasteiger partial charge in [-0.15, -0.1) is 0 Å². The lowest BCUT2D eigenvalue weighted by Gasteiger charge is -2.33. The van der Waals surface area contributed by atoms with E-state index in [1.807, 2.05) is 0 Å². The van der Waals surface area contributed by atoms with Gasteiger partial charge < -0.3 is 0 Å². The molecular weight excluding hydrogens is 561 g/mol. The minimum absolute atomic E-state index is 1.44. The first-order chi connectivity index (χ1) is 21.8. The fourth-order valence-corrected chi connectivity index (χ4v) is 19.8. The molecule has 0 spiro atoms. The molecule has 44 heavy (non-hydrogen) atoms. The van der Waals surface area contributed by atoms with Crippen molar-refractivity contribution in [2.45, 2.75) is 190 Å². The first-order valence-electron chi connectivity index (χ1n) is 19.9. The molecule has 0 atom stereocenters. The predicted molar refractivity (Wildman–Crippen MR) is 203 cm³/mol. The summed E-state index contributed by atoms with van der Waals surface area (Å²) in [4.78, 5) is 0. The van der Waals surface area contributed by atoms with Crippen molar-refractivity contribution < 1.29 is 0 Å². The Kier molecular flexibility index (Phi) is 17.6. The van der Waals surface area contributed by atoms with Crippen LogP contribution in [0.1, 0.15) is 154 Å². The fourth-order valence-electron chi connectivity index (χ4n) is 9.16. The Morgan fingerprint density at radius 3 is 0.614 bits per heavy atom. The van der Waals surface area contributed by atoms with Crippen molar-refractivity contribution in [2.24, 2.45) is 0 Å². The summed E-state index contributed by atoms with van der Waals surface area (Å²) in [5.74, 6) is 0. The molecule has 5 rings (SSSR count). The van der Waals surface area contributed by atoms with E-state index in [9.17, 15) is 0 Å². The number of benzene rings is 2. The molecule has 246 valence electrons. The lowest BCUT2D eigenvalue weighted by atomic mass is 10.1. The van der Waals surface area contributed by atoms with Crippen molar-refractivity contribution >= 4 is 26.5 Å². The first-order valence-corrected chi connectivity index (χ1v) is 25.2. The van der Waals surface area contributed by atoms with Gasteiger partial charge in [-0.25, -0.2) is 0 Å². The zero-order chi connectivity index (χ0) is 30.4. The van der Waals surface area contributed by atoms with E-state index < -0.39 is 16.1 Å². The molecule has 0 unspecified atom stereocenters. The number of fused-ring (bicyclic) bond motifs is 27. The maximum absolute atomic E-state index is 2.55. The van der Waals surface area contributed by atoms with Crippen molar-refractivity contribution in [3.8, 4) is 0 Å². The van der Waals surface area contributed by atoms with Crippen LogP contribution in [0.3, 0.4) is 0 Å². The molecule has 2 aromatic rings. The quantitative estimate of drug-likeness (QED) is 0.290. The normalized spacial score (nSPS) is 27.7. The highest BCUT2D eigenvalue weighted by atomic mass is 28.3. The maximum Gasteiger partial charge on any atom is 0.0867 e. The van der Waals surface area contributed by atoms with E-state index in [2.05, 4.69) is 60.7 Å². The summed E-state index contributed by atoms with van der Waals surface area (Å²) < 4.78 is 0. The lowest BCUT2D eigenvalue weighted by Crippen LogP contribution is -2.47. The third-order valence-electron chi connectivity index (χ3n) is 12.0. The summed E-state index contributed by atoms with van der Waals surface area (Å²) in [6.07, 6.45) is 35.5. The highest BCUT2D eigenvalue weighted by molar-refractivity contribution is 6.92. The molecule has 0 N–H and O–H groups in total. The van der Waals surface area contributed by atoms with Crippen molar-refractivity contribution in [3.05, 3.63) is 60.7 Å².